The van der Waals surface area contributed by atoms with Crippen molar-refractivity contribution in [3.63, 3.8) is 0 Å². The van der Waals surface area contributed by atoms with Crippen LogP contribution < -0.4 is 10.4 Å². The van der Waals surface area contributed by atoms with Crippen molar-refractivity contribution in [2.24, 2.45) is 22.9 Å². The molecule has 5 nitrogen and oxygen atoms in total. The molecule has 4 atom stereocenters. The summed E-state index contributed by atoms with van der Waals surface area (Å²) >= 11 is 18.8. The van der Waals surface area contributed by atoms with Crippen LogP contribution in [0.15, 0.2) is 47.6 Å². The van der Waals surface area contributed by atoms with Crippen molar-refractivity contribution >= 4 is 64.5 Å². The number of anilines is 1. The van der Waals surface area contributed by atoms with E-state index in [9.17, 15) is 4.79 Å². The summed E-state index contributed by atoms with van der Waals surface area (Å²) in [5.41, 5.74) is 5.33. The maximum Gasteiger partial charge on any atom is 0.282 e. The summed E-state index contributed by atoms with van der Waals surface area (Å²) in [6, 6.07) is 12.8. The molecule has 0 aromatic heterocycles. The van der Waals surface area contributed by atoms with Crippen molar-refractivity contribution in [1.82, 2.24) is 10.4 Å². The largest absolute Gasteiger partial charge is 0.284 e. The molecule has 0 bridgehead atoms. The number of hydrazone groups is 1. The molecule has 5 rings (SSSR count). The van der Waals surface area contributed by atoms with Crippen LogP contribution in [-0.4, -0.2) is 29.7 Å². The first-order valence-electron chi connectivity index (χ1n) is 11.0. The van der Waals surface area contributed by atoms with Crippen LogP contribution in [0.1, 0.15) is 37.8 Å². The lowest BCUT2D eigenvalue weighted by Gasteiger charge is -2.27. The first-order valence-corrected chi connectivity index (χ1v) is 12.2. The van der Waals surface area contributed by atoms with Gasteiger partial charge in [0.2, 0.25) is 0 Å². The Hall–Kier alpha value is -1.50. The van der Waals surface area contributed by atoms with E-state index in [-0.39, 0.29) is 30.3 Å². The van der Waals surface area contributed by atoms with Crippen LogP contribution in [-0.2, 0) is 4.79 Å². The average Bonchev–Trinajstić information content (AvgIpc) is 3.42. The Labute approximate surface area is 215 Å². The van der Waals surface area contributed by atoms with E-state index in [0.29, 0.717) is 38.3 Å². The minimum Gasteiger partial charge on any atom is -0.284 e. The molecule has 1 saturated heterocycles. The number of nitrogens with one attached hydrogen (secondary N) is 1. The molecule has 2 aliphatic heterocycles. The van der Waals surface area contributed by atoms with E-state index in [0.717, 1.165) is 18.7 Å². The summed E-state index contributed by atoms with van der Waals surface area (Å²) in [7, 11) is 0. The van der Waals surface area contributed by atoms with Gasteiger partial charge >= 0.3 is 0 Å². The number of fused-ring (bicyclic) bond motifs is 1. The molecule has 1 aliphatic carbocycles. The highest BCUT2D eigenvalue weighted by molar-refractivity contribution is 6.41. The van der Waals surface area contributed by atoms with Gasteiger partial charge in [-0.25, -0.2) is 5.01 Å². The zero-order chi connectivity index (χ0) is 22.4. The smallest absolute Gasteiger partial charge is 0.282 e. The van der Waals surface area contributed by atoms with Gasteiger partial charge in [-0.2, -0.15) is 5.10 Å². The van der Waals surface area contributed by atoms with Crippen LogP contribution in [0.25, 0.3) is 0 Å². The maximum absolute atomic E-state index is 13.3. The molecule has 1 saturated carbocycles. The van der Waals surface area contributed by atoms with Gasteiger partial charge in [0, 0.05) is 29.1 Å². The molecule has 2 aromatic rings. The average molecular weight is 528 g/mol. The zero-order valence-corrected chi connectivity index (χ0v) is 21.3. The number of hydrogen-bond acceptors (Lipinski definition) is 4. The van der Waals surface area contributed by atoms with Crippen LogP contribution in [0.2, 0.25) is 15.1 Å². The third-order valence-electron chi connectivity index (χ3n) is 6.97. The first-order chi connectivity index (χ1) is 15.4. The van der Waals surface area contributed by atoms with E-state index >= 15 is 0 Å². The molecule has 2 heterocycles. The fourth-order valence-electron chi connectivity index (χ4n) is 5.37. The van der Waals surface area contributed by atoms with Crippen molar-refractivity contribution in [3.8, 4) is 0 Å². The van der Waals surface area contributed by atoms with Crippen molar-refractivity contribution in [2.75, 3.05) is 18.1 Å². The van der Waals surface area contributed by atoms with Gasteiger partial charge in [-0.05, 0) is 60.6 Å². The Balaban J connectivity index is 0.00000259. The minimum atomic E-state index is -0.190. The second-order valence-electron chi connectivity index (χ2n) is 9.01. The number of hydrogen-bond donors (Lipinski definition) is 1. The minimum absolute atomic E-state index is 0. The molecule has 3 aliphatic rings. The number of halogens is 4. The number of amides is 1. The SMILES string of the molecule is C[C@@H]1C(C(=O)NN2CC3CCCC3C2)=NN(c2ccc(Cl)cc2Cl)[C@@H]1c1ccc(Cl)cc1.Cl. The molecule has 9 heteroatoms. The normalized spacial score (nSPS) is 26.7. The molecule has 176 valence electrons. The molecule has 0 spiro atoms. The van der Waals surface area contributed by atoms with E-state index < -0.39 is 0 Å². The lowest BCUT2D eigenvalue weighted by molar-refractivity contribution is -0.119. The summed E-state index contributed by atoms with van der Waals surface area (Å²) in [4.78, 5) is 13.3. The Morgan fingerprint density at radius 1 is 1.00 bits per heavy atom. The lowest BCUT2D eigenvalue weighted by Crippen LogP contribution is -2.45. The van der Waals surface area contributed by atoms with Gasteiger partial charge in [0.15, 0.2) is 0 Å². The van der Waals surface area contributed by atoms with Gasteiger partial charge in [-0.1, -0.05) is 60.3 Å². The van der Waals surface area contributed by atoms with Gasteiger partial charge in [-0.3, -0.25) is 15.2 Å². The summed E-state index contributed by atoms with van der Waals surface area (Å²) in [5, 5.41) is 10.4. The number of hydrazine groups is 1. The predicted molar refractivity (Wildman–Crippen MR) is 138 cm³/mol. The van der Waals surface area contributed by atoms with Crippen molar-refractivity contribution in [1.29, 1.82) is 0 Å². The summed E-state index contributed by atoms with van der Waals surface area (Å²) < 4.78 is 0. The second-order valence-corrected chi connectivity index (χ2v) is 10.3. The number of carbonyl (C=O) groups is 1. The standard InChI is InChI=1S/C24H25Cl3N4O.ClH/c1-14-22(24(32)29-30-12-16-3-2-4-17(16)13-30)28-31(21-10-9-19(26)11-20(21)27)23(14)15-5-7-18(25)8-6-15;/h5-11,14,16-17,23H,2-4,12-13H2,1H3,(H,29,32);1H/t14-,16?,17?,23+;/m1./s1. The molecule has 2 aromatic carbocycles. The third-order valence-corrected chi connectivity index (χ3v) is 7.76. The van der Waals surface area contributed by atoms with E-state index in [1.54, 1.807) is 12.1 Å². The van der Waals surface area contributed by atoms with Crippen LogP contribution in [0.5, 0.6) is 0 Å². The fourth-order valence-corrected chi connectivity index (χ4v) is 5.99. The highest BCUT2D eigenvalue weighted by atomic mass is 35.5. The lowest BCUT2D eigenvalue weighted by atomic mass is 9.91. The Morgan fingerprint density at radius 2 is 1.64 bits per heavy atom. The number of benzene rings is 2. The zero-order valence-electron chi connectivity index (χ0n) is 18.2. The van der Waals surface area contributed by atoms with E-state index in [2.05, 4.69) is 10.4 Å². The van der Waals surface area contributed by atoms with Crippen LogP contribution in [0, 0.1) is 17.8 Å². The molecular weight excluding hydrogens is 502 g/mol. The molecule has 33 heavy (non-hydrogen) atoms. The molecular formula is C24H26Cl4N4O. The quantitative estimate of drug-likeness (QED) is 0.501. The number of carbonyl (C=O) groups excluding carboxylic acids is 1. The molecule has 0 radical (unpaired) electrons. The van der Waals surface area contributed by atoms with Crippen molar-refractivity contribution in [3.05, 3.63) is 63.1 Å². The second kappa shape index (κ2) is 10.0. The van der Waals surface area contributed by atoms with Crippen molar-refractivity contribution in [2.45, 2.75) is 32.2 Å². The van der Waals surface area contributed by atoms with E-state index in [1.165, 1.54) is 19.3 Å². The van der Waals surface area contributed by atoms with E-state index in [1.807, 2.05) is 42.3 Å². The molecule has 1 amide bonds. The van der Waals surface area contributed by atoms with Crippen LogP contribution in [0.3, 0.4) is 0 Å². The molecule has 2 unspecified atom stereocenters. The molecule has 2 fully saturated rings. The number of rotatable bonds is 4. The Kier molecular flexibility index (Phi) is 7.47. The Bertz CT molecular complexity index is 1050. The van der Waals surface area contributed by atoms with Gasteiger partial charge < -0.3 is 0 Å². The van der Waals surface area contributed by atoms with E-state index in [4.69, 9.17) is 39.9 Å². The summed E-state index contributed by atoms with van der Waals surface area (Å²) in [6.07, 6.45) is 3.83. The fraction of sp³-hybridized carbons (Fsp3) is 0.417. The summed E-state index contributed by atoms with van der Waals surface area (Å²) in [6.45, 7) is 3.87. The highest BCUT2D eigenvalue weighted by Gasteiger charge is 2.42. The first kappa shape index (κ1) is 24.6. The van der Waals surface area contributed by atoms with Gasteiger partial charge in [-0.15, -0.1) is 12.4 Å². The monoisotopic (exact) mass is 526 g/mol. The predicted octanol–water partition coefficient (Wildman–Crippen LogP) is 6.39. The van der Waals surface area contributed by atoms with Gasteiger partial charge in [0.1, 0.15) is 5.71 Å². The number of nitrogens with zero attached hydrogens (tertiary/aromatic N) is 3. The Morgan fingerprint density at radius 3 is 2.27 bits per heavy atom. The topological polar surface area (TPSA) is 47.9 Å². The van der Waals surface area contributed by atoms with Crippen LogP contribution in [0.4, 0.5) is 5.69 Å². The van der Waals surface area contributed by atoms with Crippen LogP contribution >= 0.6 is 47.2 Å². The highest BCUT2D eigenvalue weighted by Crippen LogP contribution is 2.43. The summed E-state index contributed by atoms with van der Waals surface area (Å²) in [5.74, 6) is 1.10. The third kappa shape index (κ3) is 4.85. The van der Waals surface area contributed by atoms with Crippen molar-refractivity contribution < 1.29 is 4.79 Å². The van der Waals surface area contributed by atoms with Gasteiger partial charge in [0.05, 0.1) is 16.8 Å². The molecule has 1 N–H and O–H groups in total. The maximum atomic E-state index is 13.3. The van der Waals surface area contributed by atoms with Gasteiger partial charge in [0.25, 0.3) is 5.91 Å².